The van der Waals surface area contributed by atoms with Gasteiger partial charge in [0.2, 0.25) is 5.75 Å². The number of hydrogen-bond donors (Lipinski definition) is 2. The van der Waals surface area contributed by atoms with Crippen LogP contribution in [0.1, 0.15) is 6.92 Å². The molecule has 8 heteroatoms. The van der Waals surface area contributed by atoms with Crippen LogP contribution in [0.25, 0.3) is 0 Å². The molecule has 0 saturated heterocycles. The lowest BCUT2D eigenvalue weighted by Crippen LogP contribution is -2.06. The summed E-state index contributed by atoms with van der Waals surface area (Å²) < 4.78 is 18.5. The summed E-state index contributed by atoms with van der Waals surface area (Å²) in [5, 5.41) is 6.28. The Hall–Kier alpha value is -1.79. The maximum Gasteiger partial charge on any atom is 0.204 e. The normalized spacial score (nSPS) is 10.3. The third-order valence-electron chi connectivity index (χ3n) is 2.60. The zero-order chi connectivity index (χ0) is 15.4. The van der Waals surface area contributed by atoms with E-state index in [0.717, 1.165) is 12.1 Å². The van der Waals surface area contributed by atoms with Crippen LogP contribution in [-0.4, -0.2) is 23.6 Å². The van der Waals surface area contributed by atoms with Gasteiger partial charge in [0.25, 0.3) is 0 Å². The second kappa shape index (κ2) is 6.78. The molecule has 1 heterocycles. The van der Waals surface area contributed by atoms with Crippen LogP contribution in [0.3, 0.4) is 0 Å². The van der Waals surface area contributed by atoms with Crippen molar-refractivity contribution in [1.29, 1.82) is 0 Å². The molecule has 5 nitrogen and oxygen atoms in total. The SMILES string of the molecule is CCNc1ncnc(Nc2c(Cl)cc(F)cc2Cl)c1OC. The van der Waals surface area contributed by atoms with E-state index >= 15 is 0 Å². The van der Waals surface area contributed by atoms with Crippen LogP contribution in [0.5, 0.6) is 5.75 Å². The number of ether oxygens (including phenoxy) is 1. The molecule has 0 unspecified atom stereocenters. The minimum atomic E-state index is -0.515. The van der Waals surface area contributed by atoms with E-state index in [-0.39, 0.29) is 10.0 Å². The van der Waals surface area contributed by atoms with E-state index < -0.39 is 5.82 Å². The highest BCUT2D eigenvalue weighted by molar-refractivity contribution is 6.39. The number of halogens is 3. The lowest BCUT2D eigenvalue weighted by Gasteiger charge is -2.15. The highest BCUT2D eigenvalue weighted by Gasteiger charge is 2.15. The Labute approximate surface area is 131 Å². The number of anilines is 3. The van der Waals surface area contributed by atoms with E-state index in [9.17, 15) is 4.39 Å². The van der Waals surface area contributed by atoms with Gasteiger partial charge in [0.1, 0.15) is 12.1 Å². The number of benzene rings is 1. The van der Waals surface area contributed by atoms with E-state index in [4.69, 9.17) is 27.9 Å². The van der Waals surface area contributed by atoms with Gasteiger partial charge in [-0.1, -0.05) is 23.2 Å². The summed E-state index contributed by atoms with van der Waals surface area (Å²) in [5.41, 5.74) is 0.346. The van der Waals surface area contributed by atoms with Gasteiger partial charge >= 0.3 is 0 Å². The number of rotatable bonds is 5. The Balaban J connectivity index is 2.42. The van der Waals surface area contributed by atoms with Crippen LogP contribution in [0.2, 0.25) is 10.0 Å². The minimum absolute atomic E-state index is 0.144. The fourth-order valence-corrected chi connectivity index (χ4v) is 2.28. The zero-order valence-corrected chi connectivity index (χ0v) is 12.9. The van der Waals surface area contributed by atoms with Crippen LogP contribution in [0, 0.1) is 5.82 Å². The summed E-state index contributed by atoms with van der Waals surface area (Å²) in [4.78, 5) is 8.18. The highest BCUT2D eigenvalue weighted by atomic mass is 35.5. The van der Waals surface area contributed by atoms with Crippen molar-refractivity contribution in [3.63, 3.8) is 0 Å². The smallest absolute Gasteiger partial charge is 0.204 e. The summed E-state index contributed by atoms with van der Waals surface area (Å²) in [6.07, 6.45) is 1.37. The van der Waals surface area contributed by atoms with Crippen molar-refractivity contribution in [3.8, 4) is 5.75 Å². The molecule has 0 radical (unpaired) electrons. The number of nitrogens with one attached hydrogen (secondary N) is 2. The molecule has 0 bridgehead atoms. The molecule has 0 saturated carbocycles. The standard InChI is InChI=1S/C13H13Cl2FN4O/c1-3-17-12-11(21-2)13(19-6-18-12)20-10-8(14)4-7(16)5-9(10)15/h4-6H,3H2,1-2H3,(H2,17,18,19,20). The Morgan fingerprint density at radius 1 is 1.19 bits per heavy atom. The summed E-state index contributed by atoms with van der Waals surface area (Å²) >= 11 is 12.0. The average molecular weight is 331 g/mol. The molecule has 112 valence electrons. The van der Waals surface area contributed by atoms with Gasteiger partial charge in [0.05, 0.1) is 22.8 Å². The van der Waals surface area contributed by atoms with Gasteiger partial charge in [-0.05, 0) is 19.1 Å². The third-order valence-corrected chi connectivity index (χ3v) is 3.20. The maximum atomic E-state index is 13.2. The molecule has 2 rings (SSSR count). The van der Waals surface area contributed by atoms with Gasteiger partial charge in [0, 0.05) is 6.54 Å². The zero-order valence-electron chi connectivity index (χ0n) is 11.4. The predicted octanol–water partition coefficient (Wildman–Crippen LogP) is 4.11. The van der Waals surface area contributed by atoms with Crippen LogP contribution < -0.4 is 15.4 Å². The van der Waals surface area contributed by atoms with Gasteiger partial charge < -0.3 is 15.4 Å². The molecule has 0 amide bonds. The lowest BCUT2D eigenvalue weighted by molar-refractivity contribution is 0.415. The Morgan fingerprint density at radius 2 is 1.81 bits per heavy atom. The van der Waals surface area contributed by atoms with E-state index in [1.165, 1.54) is 13.4 Å². The molecule has 0 atom stereocenters. The van der Waals surface area contributed by atoms with Crippen molar-refractivity contribution < 1.29 is 9.13 Å². The van der Waals surface area contributed by atoms with Gasteiger partial charge in [-0.25, -0.2) is 14.4 Å². The van der Waals surface area contributed by atoms with Gasteiger partial charge in [-0.3, -0.25) is 0 Å². The van der Waals surface area contributed by atoms with Crippen LogP contribution >= 0.6 is 23.2 Å². The molecule has 1 aromatic heterocycles. The average Bonchev–Trinajstić information content (AvgIpc) is 2.43. The molecule has 21 heavy (non-hydrogen) atoms. The van der Waals surface area contributed by atoms with E-state index in [1.54, 1.807) is 0 Å². The fraction of sp³-hybridized carbons (Fsp3) is 0.231. The topological polar surface area (TPSA) is 59.1 Å². The lowest BCUT2D eigenvalue weighted by atomic mass is 10.3. The van der Waals surface area contributed by atoms with E-state index in [1.807, 2.05) is 6.92 Å². The summed E-state index contributed by atoms with van der Waals surface area (Å²) in [5.74, 6) is 0.806. The van der Waals surface area contributed by atoms with Crippen LogP contribution in [0.4, 0.5) is 21.7 Å². The first-order chi connectivity index (χ1) is 10.1. The quantitative estimate of drug-likeness (QED) is 0.864. The molecule has 0 aliphatic rings. The molecular formula is C13H13Cl2FN4O. The number of nitrogens with zero attached hydrogens (tertiary/aromatic N) is 2. The van der Waals surface area contributed by atoms with Gasteiger partial charge in [0.15, 0.2) is 11.6 Å². The predicted molar refractivity (Wildman–Crippen MR) is 82.5 cm³/mol. The first kappa shape index (κ1) is 15.6. The molecular weight excluding hydrogens is 318 g/mol. The van der Waals surface area contributed by atoms with Crippen molar-refractivity contribution in [2.24, 2.45) is 0 Å². The van der Waals surface area contributed by atoms with Crippen molar-refractivity contribution in [1.82, 2.24) is 9.97 Å². The number of aromatic nitrogens is 2. The molecule has 2 aromatic rings. The molecule has 0 fully saturated rings. The Bertz CT molecular complexity index is 631. The molecule has 2 N–H and O–H groups in total. The van der Waals surface area contributed by atoms with E-state index in [2.05, 4.69) is 20.6 Å². The van der Waals surface area contributed by atoms with Crippen molar-refractivity contribution in [2.75, 3.05) is 24.3 Å². The second-order valence-electron chi connectivity index (χ2n) is 4.00. The van der Waals surface area contributed by atoms with Crippen LogP contribution in [-0.2, 0) is 0 Å². The van der Waals surface area contributed by atoms with Crippen molar-refractivity contribution in [3.05, 3.63) is 34.3 Å². The number of hydrogen-bond acceptors (Lipinski definition) is 5. The Kier molecular flexibility index (Phi) is 5.03. The molecule has 1 aromatic carbocycles. The molecule has 0 aliphatic carbocycles. The Morgan fingerprint density at radius 3 is 2.38 bits per heavy atom. The summed E-state index contributed by atoms with van der Waals surface area (Å²) in [6.45, 7) is 2.60. The summed E-state index contributed by atoms with van der Waals surface area (Å²) in [6, 6.07) is 2.32. The van der Waals surface area contributed by atoms with Gasteiger partial charge in [-0.2, -0.15) is 0 Å². The second-order valence-corrected chi connectivity index (χ2v) is 4.82. The first-order valence-corrected chi connectivity index (χ1v) is 6.86. The largest absolute Gasteiger partial charge is 0.490 e. The molecule has 0 spiro atoms. The summed E-state index contributed by atoms with van der Waals surface area (Å²) in [7, 11) is 1.50. The van der Waals surface area contributed by atoms with Gasteiger partial charge in [-0.15, -0.1) is 0 Å². The first-order valence-electron chi connectivity index (χ1n) is 6.11. The fourth-order valence-electron chi connectivity index (χ4n) is 1.73. The maximum absolute atomic E-state index is 13.2. The highest BCUT2D eigenvalue weighted by Crippen LogP contribution is 2.37. The monoisotopic (exact) mass is 330 g/mol. The minimum Gasteiger partial charge on any atom is -0.490 e. The number of methoxy groups -OCH3 is 1. The van der Waals surface area contributed by atoms with Crippen LogP contribution in [0.15, 0.2) is 18.5 Å². The van der Waals surface area contributed by atoms with E-state index in [0.29, 0.717) is 29.6 Å². The van der Waals surface area contributed by atoms with Crippen molar-refractivity contribution in [2.45, 2.75) is 6.92 Å². The molecule has 0 aliphatic heterocycles. The van der Waals surface area contributed by atoms with Crippen molar-refractivity contribution >= 4 is 40.5 Å². The third kappa shape index (κ3) is 3.46.